The SMILES string of the molecule is COc1ccc(CNC(=O)c2c(-c3ccccc3)c(-c3ccc(F)cc3)c(CC[C@@H](O)C[C@@H](O)CC(=O)[O-])n2C(C)C)cc1.[Na+]. The van der Waals surface area contributed by atoms with Gasteiger partial charge >= 0.3 is 29.6 Å². The molecule has 45 heavy (non-hydrogen) atoms. The minimum atomic E-state index is -1.39. The summed E-state index contributed by atoms with van der Waals surface area (Å²) in [4.78, 5) is 25.0. The van der Waals surface area contributed by atoms with E-state index in [0.29, 0.717) is 29.0 Å². The Morgan fingerprint density at radius 1 is 0.911 bits per heavy atom. The van der Waals surface area contributed by atoms with E-state index in [1.165, 1.54) is 12.1 Å². The fraction of sp³-hybridized carbons (Fsp3) is 0.314. The van der Waals surface area contributed by atoms with Crippen molar-refractivity contribution in [1.29, 1.82) is 0 Å². The minimum absolute atomic E-state index is 0. The number of ether oxygens (including phenoxy) is 1. The molecule has 0 aliphatic carbocycles. The van der Waals surface area contributed by atoms with Gasteiger partial charge in [0, 0.05) is 41.8 Å². The van der Waals surface area contributed by atoms with E-state index >= 15 is 0 Å². The Morgan fingerprint density at radius 2 is 1.53 bits per heavy atom. The Kier molecular flexibility index (Phi) is 13.4. The van der Waals surface area contributed by atoms with Gasteiger partial charge in [0.05, 0.1) is 19.3 Å². The molecule has 4 rings (SSSR count). The minimum Gasteiger partial charge on any atom is -0.550 e. The maximum atomic E-state index is 14.1. The van der Waals surface area contributed by atoms with Gasteiger partial charge in [0.2, 0.25) is 0 Å². The van der Waals surface area contributed by atoms with Crippen LogP contribution in [0.25, 0.3) is 22.3 Å². The molecule has 3 aromatic carbocycles. The number of carbonyl (C=O) groups is 2. The largest absolute Gasteiger partial charge is 1.00 e. The summed E-state index contributed by atoms with van der Waals surface area (Å²) < 4.78 is 21.3. The fourth-order valence-corrected chi connectivity index (χ4v) is 5.51. The number of aliphatic hydroxyl groups is 2. The summed E-state index contributed by atoms with van der Waals surface area (Å²) in [5, 5.41) is 34.8. The van der Waals surface area contributed by atoms with Crippen LogP contribution < -0.4 is 44.7 Å². The van der Waals surface area contributed by atoms with Crippen LogP contribution in [-0.4, -0.2) is 46.0 Å². The van der Waals surface area contributed by atoms with E-state index in [0.717, 1.165) is 22.4 Å². The molecule has 0 saturated carbocycles. The van der Waals surface area contributed by atoms with E-state index in [1.54, 1.807) is 19.2 Å². The van der Waals surface area contributed by atoms with Gasteiger partial charge in [0.25, 0.3) is 5.91 Å². The molecule has 1 heterocycles. The predicted molar refractivity (Wildman–Crippen MR) is 164 cm³/mol. The van der Waals surface area contributed by atoms with E-state index in [-0.39, 0.29) is 60.9 Å². The zero-order valence-electron chi connectivity index (χ0n) is 26.1. The molecule has 0 aliphatic rings. The molecule has 3 N–H and O–H groups in total. The number of aromatic nitrogens is 1. The van der Waals surface area contributed by atoms with Crippen molar-refractivity contribution in [2.75, 3.05) is 7.11 Å². The number of carbonyl (C=O) groups excluding carboxylic acids is 2. The first kappa shape index (κ1) is 36.0. The third-order valence-electron chi connectivity index (χ3n) is 7.51. The topological polar surface area (TPSA) is 124 Å². The van der Waals surface area contributed by atoms with Crippen molar-refractivity contribution in [2.24, 2.45) is 0 Å². The van der Waals surface area contributed by atoms with Crippen molar-refractivity contribution >= 4 is 11.9 Å². The molecule has 2 atom stereocenters. The van der Waals surface area contributed by atoms with Gasteiger partial charge in [-0.05, 0) is 74.1 Å². The van der Waals surface area contributed by atoms with Crippen molar-refractivity contribution in [3.63, 3.8) is 0 Å². The Balaban J connectivity index is 0.00000552. The van der Waals surface area contributed by atoms with Crippen LogP contribution in [-0.2, 0) is 17.8 Å². The molecule has 0 unspecified atom stereocenters. The number of rotatable bonds is 14. The number of amides is 1. The van der Waals surface area contributed by atoms with E-state index in [4.69, 9.17) is 4.74 Å². The maximum absolute atomic E-state index is 14.1. The van der Waals surface area contributed by atoms with Gasteiger partial charge in [0.1, 0.15) is 17.3 Å². The van der Waals surface area contributed by atoms with Crippen LogP contribution in [0.15, 0.2) is 78.9 Å². The number of carboxylic acids is 1. The van der Waals surface area contributed by atoms with Crippen LogP contribution in [0, 0.1) is 5.82 Å². The predicted octanol–water partition coefficient (Wildman–Crippen LogP) is 1.67. The summed E-state index contributed by atoms with van der Waals surface area (Å²) in [7, 11) is 1.59. The first-order valence-electron chi connectivity index (χ1n) is 14.6. The van der Waals surface area contributed by atoms with Crippen LogP contribution in [0.1, 0.15) is 60.9 Å². The quantitative estimate of drug-likeness (QED) is 0.184. The number of methoxy groups -OCH3 is 1. The molecule has 0 aliphatic heterocycles. The van der Waals surface area contributed by atoms with Crippen LogP contribution >= 0.6 is 0 Å². The summed E-state index contributed by atoms with van der Waals surface area (Å²) in [5.41, 5.74) is 5.00. The smallest absolute Gasteiger partial charge is 0.550 e. The van der Waals surface area contributed by atoms with Crippen LogP contribution in [0.2, 0.25) is 0 Å². The maximum Gasteiger partial charge on any atom is 1.00 e. The number of carboxylic acid groups (broad SMARTS) is 1. The molecule has 1 aromatic heterocycles. The van der Waals surface area contributed by atoms with Gasteiger partial charge in [-0.15, -0.1) is 0 Å². The average Bonchev–Trinajstić information content (AvgIpc) is 3.35. The number of hydrogen-bond donors (Lipinski definition) is 3. The fourth-order valence-electron chi connectivity index (χ4n) is 5.51. The number of nitrogens with one attached hydrogen (secondary N) is 1. The van der Waals surface area contributed by atoms with E-state index in [1.807, 2.05) is 73.0 Å². The van der Waals surface area contributed by atoms with Crippen molar-refractivity contribution in [1.82, 2.24) is 9.88 Å². The Morgan fingerprint density at radius 3 is 2.11 bits per heavy atom. The second kappa shape index (κ2) is 16.7. The molecule has 1 amide bonds. The van der Waals surface area contributed by atoms with E-state index < -0.39 is 30.4 Å². The van der Waals surface area contributed by atoms with E-state index in [2.05, 4.69) is 5.32 Å². The monoisotopic (exact) mass is 624 g/mol. The van der Waals surface area contributed by atoms with Crippen molar-refractivity contribution < 1.29 is 63.6 Å². The Hall–Kier alpha value is -3.47. The van der Waals surface area contributed by atoms with Crippen LogP contribution in [0.4, 0.5) is 4.39 Å². The van der Waals surface area contributed by atoms with Crippen LogP contribution in [0.3, 0.4) is 0 Å². The molecule has 0 bridgehead atoms. The number of aliphatic carboxylic acids is 1. The third-order valence-corrected chi connectivity index (χ3v) is 7.51. The average molecular weight is 625 g/mol. The molecular formula is C35H38FN2NaO6. The molecule has 8 nitrogen and oxygen atoms in total. The summed E-state index contributed by atoms with van der Waals surface area (Å²) >= 11 is 0. The van der Waals surface area contributed by atoms with Crippen molar-refractivity contribution in [2.45, 2.75) is 64.3 Å². The van der Waals surface area contributed by atoms with Gasteiger partial charge in [-0.3, -0.25) is 4.79 Å². The Labute approximate surface area is 285 Å². The molecule has 0 fully saturated rings. The number of benzene rings is 3. The van der Waals surface area contributed by atoms with Gasteiger partial charge < -0.3 is 34.7 Å². The van der Waals surface area contributed by atoms with Gasteiger partial charge in [-0.2, -0.15) is 0 Å². The number of halogens is 1. The van der Waals surface area contributed by atoms with Gasteiger partial charge in [-0.25, -0.2) is 4.39 Å². The van der Waals surface area contributed by atoms with Crippen LogP contribution in [0.5, 0.6) is 5.75 Å². The summed E-state index contributed by atoms with van der Waals surface area (Å²) in [6.45, 7) is 4.20. The molecular weight excluding hydrogens is 586 g/mol. The van der Waals surface area contributed by atoms with Gasteiger partial charge in [0.15, 0.2) is 0 Å². The second-order valence-corrected chi connectivity index (χ2v) is 11.1. The molecule has 4 aromatic rings. The molecule has 0 spiro atoms. The molecule has 10 heteroatoms. The standard InChI is InChI=1S/C35H39FN2O6.Na/c1-22(2)38-30(18-15-27(39)19-28(40)20-31(41)42)32(25-11-13-26(36)14-12-25)33(24-7-5-4-6-8-24)34(38)35(43)37-21-23-9-16-29(44-3)17-10-23;/h4-14,16-17,22,27-28,39-40H,15,18-21H2,1-3H3,(H,37,43)(H,41,42);/q;+1/p-1/t27-,28-;/m1./s1. The second-order valence-electron chi connectivity index (χ2n) is 11.1. The third kappa shape index (κ3) is 9.28. The number of aliphatic hydroxyl groups excluding tert-OH is 2. The summed E-state index contributed by atoms with van der Waals surface area (Å²) in [6.07, 6.45) is -2.47. The first-order valence-corrected chi connectivity index (χ1v) is 14.6. The molecule has 0 radical (unpaired) electrons. The van der Waals surface area contributed by atoms with Crippen molar-refractivity contribution in [3.05, 3.63) is 102 Å². The molecule has 232 valence electrons. The normalized spacial score (nSPS) is 12.3. The number of nitrogens with zero attached hydrogens (tertiary/aromatic N) is 1. The van der Waals surface area contributed by atoms with Gasteiger partial charge in [-0.1, -0.05) is 54.6 Å². The summed E-state index contributed by atoms with van der Waals surface area (Å²) in [5.74, 6) is -1.37. The number of hydrogen-bond acceptors (Lipinski definition) is 6. The van der Waals surface area contributed by atoms with E-state index in [9.17, 15) is 29.3 Å². The Bertz CT molecular complexity index is 1560. The zero-order chi connectivity index (χ0) is 31.8. The molecule has 0 saturated heterocycles. The summed E-state index contributed by atoms with van der Waals surface area (Å²) in [6, 6.07) is 22.8. The first-order chi connectivity index (χ1) is 21.1. The zero-order valence-corrected chi connectivity index (χ0v) is 28.1. The van der Waals surface area contributed by atoms with Crippen molar-refractivity contribution in [3.8, 4) is 28.0 Å².